The number of benzene rings is 2. The minimum atomic E-state index is -1.32. The van der Waals surface area contributed by atoms with Crippen molar-refractivity contribution in [3.8, 4) is 28.4 Å². The standard InChI is InChI=1S/C39H51N5O6.K/c1-23(2)29-21-26(37(46)43(5)15-9-14-42(3)4)12-13-31(29)44-32(35-33(49-6)10-8-11-34(35)50-7)22-30(41-44)36(45)40-39(38(47)48)27-17-24-16-25(19-27)20-28(39)18-24;/h8,10-13,21-25,27-28H,9,14-20H2,1-7H3,(H,40,45)(H,47,48);. The number of methoxy groups -OCH3 is 2. The van der Waals surface area contributed by atoms with Crippen LogP contribution in [0.15, 0.2) is 42.5 Å². The fraction of sp³-hybridized carbons (Fsp3) is 0.538. The quantitative estimate of drug-likeness (QED) is 0.227. The van der Waals surface area contributed by atoms with E-state index in [4.69, 9.17) is 14.6 Å². The zero-order valence-electron chi connectivity index (χ0n) is 31.4. The van der Waals surface area contributed by atoms with Gasteiger partial charge in [-0.2, -0.15) is 5.10 Å². The van der Waals surface area contributed by atoms with Gasteiger partial charge in [0.1, 0.15) is 17.0 Å². The van der Waals surface area contributed by atoms with E-state index >= 15 is 0 Å². The van der Waals surface area contributed by atoms with E-state index in [1.807, 2.05) is 51.5 Å². The Bertz CT molecular complexity index is 1720. The Kier molecular flexibility index (Phi) is 12.5. The van der Waals surface area contributed by atoms with Crippen molar-refractivity contribution in [2.75, 3.05) is 48.5 Å². The van der Waals surface area contributed by atoms with Crippen molar-refractivity contribution in [3.05, 3.63) is 59.3 Å². The molecule has 4 saturated carbocycles. The number of nitrogens with zero attached hydrogens (tertiary/aromatic N) is 4. The second kappa shape index (κ2) is 16.1. The van der Waals surface area contributed by atoms with Crippen LogP contribution in [0, 0.1) is 23.7 Å². The molecular formula is C39H51KN5O6. The van der Waals surface area contributed by atoms with Gasteiger partial charge in [-0.15, -0.1) is 0 Å². The van der Waals surface area contributed by atoms with Crippen molar-refractivity contribution < 1.29 is 29.0 Å². The van der Waals surface area contributed by atoms with E-state index in [-0.39, 0.29) is 80.7 Å². The Morgan fingerprint density at radius 3 is 2.08 bits per heavy atom. The number of hydrogen-bond acceptors (Lipinski definition) is 7. The second-order valence-electron chi connectivity index (χ2n) is 15.1. The number of aliphatic carboxylic acids is 1. The molecular weight excluding hydrogens is 674 g/mol. The van der Waals surface area contributed by atoms with Gasteiger partial charge >= 0.3 is 5.97 Å². The molecule has 0 spiro atoms. The monoisotopic (exact) mass is 724 g/mol. The Morgan fingerprint density at radius 1 is 0.941 bits per heavy atom. The van der Waals surface area contributed by atoms with Crippen LogP contribution in [0.5, 0.6) is 11.5 Å². The van der Waals surface area contributed by atoms with Crippen LogP contribution >= 0.6 is 0 Å². The average molecular weight is 725 g/mol. The summed E-state index contributed by atoms with van der Waals surface area (Å²) in [6, 6.07) is 12.7. The molecule has 4 bridgehead atoms. The van der Waals surface area contributed by atoms with Crippen LogP contribution in [0.4, 0.5) is 0 Å². The molecule has 11 nitrogen and oxygen atoms in total. The van der Waals surface area contributed by atoms with Gasteiger partial charge in [-0.05, 0) is 131 Å². The van der Waals surface area contributed by atoms with E-state index in [1.54, 1.807) is 35.9 Å². The Labute approximate surface area is 343 Å². The van der Waals surface area contributed by atoms with E-state index in [0.29, 0.717) is 52.4 Å². The molecule has 51 heavy (non-hydrogen) atoms. The summed E-state index contributed by atoms with van der Waals surface area (Å²) in [7, 11) is 9.00. The molecule has 0 atom stereocenters. The molecule has 269 valence electrons. The first-order chi connectivity index (χ1) is 23.9. The van der Waals surface area contributed by atoms with Crippen molar-refractivity contribution in [1.82, 2.24) is 24.9 Å². The first-order valence-corrected chi connectivity index (χ1v) is 17.8. The van der Waals surface area contributed by atoms with Gasteiger partial charge < -0.3 is 29.7 Å². The third-order valence-corrected chi connectivity index (χ3v) is 11.3. The third kappa shape index (κ3) is 7.55. The van der Waals surface area contributed by atoms with Gasteiger partial charge in [0, 0.05) is 70.5 Å². The SMILES string of the molecule is COc1cccc(OC)c1-c1cc(C(=O)NC2(C(=O)O)C3CC4CC(C3)CC2C4)nn1-c1ccc(C(=O)N(C)CCCN(C)C)cc1C(C)C.[K]. The Balaban J connectivity index is 0.00000504. The number of aromatic nitrogens is 2. The molecule has 1 aromatic heterocycles. The first-order valence-electron chi connectivity index (χ1n) is 17.8. The molecule has 2 N–H and O–H groups in total. The van der Waals surface area contributed by atoms with Gasteiger partial charge in [0.25, 0.3) is 11.8 Å². The van der Waals surface area contributed by atoms with Crippen LogP contribution in [0.1, 0.15) is 84.7 Å². The predicted molar refractivity (Wildman–Crippen MR) is 197 cm³/mol. The Morgan fingerprint density at radius 2 is 1.55 bits per heavy atom. The van der Waals surface area contributed by atoms with Crippen LogP contribution in [-0.4, -0.2) is 148 Å². The van der Waals surface area contributed by atoms with E-state index in [2.05, 4.69) is 24.1 Å². The normalized spacial score (nSPS) is 23.2. The summed E-state index contributed by atoms with van der Waals surface area (Å²) < 4.78 is 13.3. The van der Waals surface area contributed by atoms with Crippen LogP contribution in [-0.2, 0) is 4.79 Å². The number of amides is 2. The molecule has 1 radical (unpaired) electrons. The molecule has 0 saturated heterocycles. The zero-order valence-corrected chi connectivity index (χ0v) is 34.5. The van der Waals surface area contributed by atoms with Gasteiger partial charge in [0.05, 0.1) is 31.2 Å². The third-order valence-electron chi connectivity index (χ3n) is 11.3. The van der Waals surface area contributed by atoms with Crippen LogP contribution in [0.25, 0.3) is 16.9 Å². The van der Waals surface area contributed by atoms with E-state index < -0.39 is 17.4 Å². The molecule has 2 amide bonds. The summed E-state index contributed by atoms with van der Waals surface area (Å²) in [6.07, 6.45) is 5.33. The van der Waals surface area contributed by atoms with Crippen molar-refractivity contribution in [2.45, 2.75) is 63.8 Å². The minimum Gasteiger partial charge on any atom is -0.496 e. The molecule has 3 aromatic rings. The van der Waals surface area contributed by atoms with Crippen LogP contribution < -0.4 is 14.8 Å². The molecule has 0 unspecified atom stereocenters. The number of hydrogen-bond donors (Lipinski definition) is 2. The van der Waals surface area contributed by atoms with Gasteiger partial charge in [-0.1, -0.05) is 19.9 Å². The van der Waals surface area contributed by atoms with Crippen molar-refractivity contribution in [3.63, 3.8) is 0 Å². The maximum Gasteiger partial charge on any atom is 0.330 e. The molecule has 2 aromatic carbocycles. The van der Waals surface area contributed by atoms with Crippen LogP contribution in [0.2, 0.25) is 0 Å². The molecule has 4 aliphatic carbocycles. The number of carbonyl (C=O) groups is 3. The molecule has 4 aliphatic rings. The molecule has 12 heteroatoms. The van der Waals surface area contributed by atoms with Gasteiger partial charge in [-0.3, -0.25) is 9.59 Å². The largest absolute Gasteiger partial charge is 0.496 e. The Hall–Kier alpha value is -2.74. The summed E-state index contributed by atoms with van der Waals surface area (Å²) in [5.41, 5.74) is 2.04. The van der Waals surface area contributed by atoms with E-state index in [9.17, 15) is 19.5 Å². The zero-order chi connectivity index (χ0) is 35.9. The summed E-state index contributed by atoms with van der Waals surface area (Å²) in [5.74, 6) is 0.360. The summed E-state index contributed by atoms with van der Waals surface area (Å²) in [4.78, 5) is 44.7. The number of rotatable bonds is 13. The smallest absolute Gasteiger partial charge is 0.330 e. The average Bonchev–Trinajstić information content (AvgIpc) is 3.53. The first kappa shape index (κ1) is 39.5. The molecule has 4 fully saturated rings. The minimum absolute atomic E-state index is 0. The number of carboxylic acid groups (broad SMARTS) is 1. The second-order valence-corrected chi connectivity index (χ2v) is 15.1. The van der Waals surface area contributed by atoms with E-state index in [1.165, 1.54) is 6.42 Å². The van der Waals surface area contributed by atoms with E-state index in [0.717, 1.165) is 44.2 Å². The number of carboxylic acids is 1. The predicted octanol–water partition coefficient (Wildman–Crippen LogP) is 5.33. The number of nitrogens with one attached hydrogen (secondary N) is 1. The van der Waals surface area contributed by atoms with Gasteiger partial charge in [0.15, 0.2) is 5.69 Å². The summed E-state index contributed by atoms with van der Waals surface area (Å²) >= 11 is 0. The molecule has 1 heterocycles. The summed E-state index contributed by atoms with van der Waals surface area (Å²) in [6.45, 7) is 5.62. The van der Waals surface area contributed by atoms with Gasteiger partial charge in [0.2, 0.25) is 0 Å². The molecule has 0 aliphatic heterocycles. The van der Waals surface area contributed by atoms with Gasteiger partial charge in [-0.25, -0.2) is 9.48 Å². The van der Waals surface area contributed by atoms with Crippen molar-refractivity contribution in [1.29, 1.82) is 0 Å². The topological polar surface area (TPSA) is 126 Å². The number of carbonyl (C=O) groups excluding carboxylic acids is 2. The van der Waals surface area contributed by atoms with Crippen LogP contribution in [0.3, 0.4) is 0 Å². The van der Waals surface area contributed by atoms with Crippen molar-refractivity contribution in [2.24, 2.45) is 23.7 Å². The van der Waals surface area contributed by atoms with Crippen molar-refractivity contribution >= 4 is 69.2 Å². The molecule has 7 rings (SSSR count). The number of ether oxygens (including phenoxy) is 2. The maximum absolute atomic E-state index is 14.3. The fourth-order valence-electron chi connectivity index (χ4n) is 9.03. The maximum atomic E-state index is 14.3. The fourth-order valence-corrected chi connectivity index (χ4v) is 9.03. The summed E-state index contributed by atoms with van der Waals surface area (Å²) in [5, 5.41) is 18.7.